The fourth-order valence-corrected chi connectivity index (χ4v) is 3.58. The predicted octanol–water partition coefficient (Wildman–Crippen LogP) is 1.38. The van der Waals surface area contributed by atoms with Crippen molar-refractivity contribution in [2.45, 2.75) is 38.5 Å². The van der Waals surface area contributed by atoms with Crippen LogP contribution in [0.25, 0.3) is 0 Å². The Morgan fingerprint density at radius 2 is 1.35 bits per heavy atom. The molecule has 26 heavy (non-hydrogen) atoms. The standard InChI is InChI=1S/C18H32N4O2.2ClH/c23-17(14-19-13-16-5-6-16)22-11-9-20(10-12-22)15-18(24)21-7-3-1-2-4-8-21;;/h16,19H,1-15H2;2*1H. The molecule has 1 saturated carbocycles. The van der Waals surface area contributed by atoms with Crippen molar-refractivity contribution in [1.82, 2.24) is 20.0 Å². The van der Waals surface area contributed by atoms with E-state index >= 15 is 0 Å². The van der Waals surface area contributed by atoms with Gasteiger partial charge in [-0.1, -0.05) is 12.8 Å². The van der Waals surface area contributed by atoms with Crippen molar-refractivity contribution < 1.29 is 9.59 Å². The third-order valence-electron chi connectivity index (χ3n) is 5.45. The van der Waals surface area contributed by atoms with E-state index in [1.165, 1.54) is 25.7 Å². The molecular formula is C18H34Cl2N4O2. The summed E-state index contributed by atoms with van der Waals surface area (Å²) in [7, 11) is 0. The van der Waals surface area contributed by atoms with Gasteiger partial charge in [0.25, 0.3) is 0 Å². The first kappa shape index (κ1) is 23.5. The lowest BCUT2D eigenvalue weighted by Gasteiger charge is -2.35. The zero-order valence-electron chi connectivity index (χ0n) is 15.7. The Labute approximate surface area is 169 Å². The minimum Gasteiger partial charge on any atom is -0.342 e. The zero-order chi connectivity index (χ0) is 16.8. The van der Waals surface area contributed by atoms with Gasteiger partial charge in [0.1, 0.15) is 0 Å². The number of rotatable bonds is 6. The zero-order valence-corrected chi connectivity index (χ0v) is 17.3. The van der Waals surface area contributed by atoms with Crippen LogP contribution in [0.3, 0.4) is 0 Å². The molecule has 0 atom stereocenters. The Balaban J connectivity index is 0.00000169. The molecular weight excluding hydrogens is 375 g/mol. The molecule has 0 bridgehead atoms. The van der Waals surface area contributed by atoms with Crippen molar-refractivity contribution in [3.8, 4) is 0 Å². The largest absolute Gasteiger partial charge is 0.342 e. The van der Waals surface area contributed by atoms with Crippen LogP contribution >= 0.6 is 24.8 Å². The van der Waals surface area contributed by atoms with Crippen LogP contribution in [0, 0.1) is 5.92 Å². The maximum absolute atomic E-state index is 12.4. The van der Waals surface area contributed by atoms with E-state index in [-0.39, 0.29) is 36.6 Å². The van der Waals surface area contributed by atoms with E-state index < -0.39 is 0 Å². The van der Waals surface area contributed by atoms with E-state index in [9.17, 15) is 9.59 Å². The molecule has 1 N–H and O–H groups in total. The van der Waals surface area contributed by atoms with Crippen molar-refractivity contribution >= 4 is 36.6 Å². The Morgan fingerprint density at radius 3 is 1.92 bits per heavy atom. The smallest absolute Gasteiger partial charge is 0.236 e. The number of hydrogen-bond donors (Lipinski definition) is 1. The summed E-state index contributed by atoms with van der Waals surface area (Å²) in [5, 5.41) is 3.27. The number of nitrogens with zero attached hydrogens (tertiary/aromatic N) is 3. The SMILES string of the molecule is Cl.Cl.O=C(CNCC1CC1)N1CCN(CC(=O)N2CCCCCC2)CC1. The molecule has 152 valence electrons. The molecule has 1 aliphatic carbocycles. The summed E-state index contributed by atoms with van der Waals surface area (Å²) in [5.74, 6) is 1.27. The topological polar surface area (TPSA) is 55.9 Å². The lowest BCUT2D eigenvalue weighted by atomic mass is 10.2. The lowest BCUT2D eigenvalue weighted by Crippen LogP contribution is -2.53. The Hall–Kier alpha value is -0.560. The normalized spacial score (nSPS) is 21.4. The molecule has 0 aromatic rings. The number of carbonyl (C=O) groups is 2. The first-order chi connectivity index (χ1) is 11.7. The first-order valence-electron chi connectivity index (χ1n) is 9.71. The molecule has 2 heterocycles. The average molecular weight is 409 g/mol. The van der Waals surface area contributed by atoms with Crippen LogP contribution in [0.15, 0.2) is 0 Å². The van der Waals surface area contributed by atoms with Gasteiger partial charge in [-0.2, -0.15) is 0 Å². The number of likely N-dealkylation sites (tertiary alicyclic amines) is 1. The van der Waals surface area contributed by atoms with E-state index in [0.29, 0.717) is 13.1 Å². The molecule has 8 heteroatoms. The second kappa shape index (κ2) is 12.0. The third kappa shape index (κ3) is 7.59. The fourth-order valence-electron chi connectivity index (χ4n) is 3.58. The molecule has 3 aliphatic rings. The summed E-state index contributed by atoms with van der Waals surface area (Å²) >= 11 is 0. The maximum Gasteiger partial charge on any atom is 0.236 e. The van der Waals surface area contributed by atoms with Crippen molar-refractivity contribution in [2.24, 2.45) is 5.92 Å². The van der Waals surface area contributed by atoms with Gasteiger partial charge in [-0.25, -0.2) is 0 Å². The van der Waals surface area contributed by atoms with Crippen LogP contribution in [0.4, 0.5) is 0 Å². The Morgan fingerprint density at radius 1 is 0.769 bits per heavy atom. The van der Waals surface area contributed by atoms with Crippen molar-refractivity contribution in [3.05, 3.63) is 0 Å². The van der Waals surface area contributed by atoms with Gasteiger partial charge in [0, 0.05) is 39.3 Å². The summed E-state index contributed by atoms with van der Waals surface area (Å²) in [4.78, 5) is 30.8. The number of piperazine rings is 1. The average Bonchev–Trinajstić information content (AvgIpc) is 3.42. The highest BCUT2D eigenvalue weighted by Gasteiger charge is 2.25. The summed E-state index contributed by atoms with van der Waals surface area (Å²) in [6, 6.07) is 0. The van der Waals surface area contributed by atoms with Crippen LogP contribution in [-0.4, -0.2) is 85.4 Å². The number of nitrogens with one attached hydrogen (secondary N) is 1. The minimum atomic E-state index is 0. The summed E-state index contributed by atoms with van der Waals surface area (Å²) in [6.07, 6.45) is 7.40. The second-order valence-electron chi connectivity index (χ2n) is 7.53. The van der Waals surface area contributed by atoms with E-state index in [4.69, 9.17) is 0 Å². The molecule has 2 aliphatic heterocycles. The molecule has 6 nitrogen and oxygen atoms in total. The molecule has 0 aromatic carbocycles. The third-order valence-corrected chi connectivity index (χ3v) is 5.45. The van der Waals surface area contributed by atoms with Gasteiger partial charge in [0.15, 0.2) is 0 Å². The minimum absolute atomic E-state index is 0. The van der Waals surface area contributed by atoms with Crippen LogP contribution in [0.1, 0.15) is 38.5 Å². The van der Waals surface area contributed by atoms with E-state index in [2.05, 4.69) is 10.2 Å². The fraction of sp³-hybridized carbons (Fsp3) is 0.889. The van der Waals surface area contributed by atoms with E-state index in [0.717, 1.165) is 64.6 Å². The Kier molecular flexibility index (Phi) is 10.8. The quantitative estimate of drug-likeness (QED) is 0.720. The summed E-state index contributed by atoms with van der Waals surface area (Å²) in [6.45, 7) is 6.92. The van der Waals surface area contributed by atoms with Gasteiger partial charge in [0.05, 0.1) is 13.1 Å². The van der Waals surface area contributed by atoms with Gasteiger partial charge < -0.3 is 15.1 Å². The molecule has 0 spiro atoms. The highest BCUT2D eigenvalue weighted by atomic mass is 35.5. The number of halogens is 2. The highest BCUT2D eigenvalue weighted by molar-refractivity contribution is 5.85. The number of hydrogen-bond acceptors (Lipinski definition) is 4. The first-order valence-corrected chi connectivity index (χ1v) is 9.71. The summed E-state index contributed by atoms with van der Waals surface area (Å²) in [5.41, 5.74) is 0. The van der Waals surface area contributed by atoms with Gasteiger partial charge in [0.2, 0.25) is 11.8 Å². The van der Waals surface area contributed by atoms with Crippen LogP contribution in [0.5, 0.6) is 0 Å². The van der Waals surface area contributed by atoms with Crippen LogP contribution in [-0.2, 0) is 9.59 Å². The molecule has 3 fully saturated rings. The van der Waals surface area contributed by atoms with Crippen LogP contribution < -0.4 is 5.32 Å². The molecule has 2 saturated heterocycles. The van der Waals surface area contributed by atoms with Crippen molar-refractivity contribution in [1.29, 1.82) is 0 Å². The Bertz CT molecular complexity index is 433. The molecule has 0 aromatic heterocycles. The van der Waals surface area contributed by atoms with E-state index in [1.807, 2.05) is 9.80 Å². The second-order valence-corrected chi connectivity index (χ2v) is 7.53. The van der Waals surface area contributed by atoms with Crippen molar-refractivity contribution in [2.75, 3.05) is 58.9 Å². The van der Waals surface area contributed by atoms with Gasteiger partial charge in [-0.15, -0.1) is 24.8 Å². The van der Waals surface area contributed by atoms with E-state index in [1.54, 1.807) is 0 Å². The summed E-state index contributed by atoms with van der Waals surface area (Å²) < 4.78 is 0. The van der Waals surface area contributed by atoms with Crippen LogP contribution in [0.2, 0.25) is 0 Å². The van der Waals surface area contributed by atoms with Crippen molar-refractivity contribution in [3.63, 3.8) is 0 Å². The molecule has 3 rings (SSSR count). The number of carbonyl (C=O) groups excluding carboxylic acids is 2. The highest BCUT2D eigenvalue weighted by Crippen LogP contribution is 2.27. The van der Waals surface area contributed by atoms with Gasteiger partial charge >= 0.3 is 0 Å². The molecule has 0 radical (unpaired) electrons. The van der Waals surface area contributed by atoms with Gasteiger partial charge in [-0.05, 0) is 38.1 Å². The molecule has 0 unspecified atom stereocenters. The molecule has 2 amide bonds. The number of amides is 2. The lowest BCUT2D eigenvalue weighted by molar-refractivity contribution is -0.134. The predicted molar refractivity (Wildman–Crippen MR) is 108 cm³/mol. The van der Waals surface area contributed by atoms with Gasteiger partial charge in [-0.3, -0.25) is 14.5 Å². The monoisotopic (exact) mass is 408 g/mol. The maximum atomic E-state index is 12.4.